The van der Waals surface area contributed by atoms with Crippen molar-refractivity contribution in [3.63, 3.8) is 0 Å². The summed E-state index contributed by atoms with van der Waals surface area (Å²) in [6.07, 6.45) is -1.48. The minimum absolute atomic E-state index is 0.285. The van der Waals surface area contributed by atoms with Crippen molar-refractivity contribution in [3.05, 3.63) is 71.9 Å². The van der Waals surface area contributed by atoms with Crippen LogP contribution in [0.1, 0.15) is 16.1 Å². The van der Waals surface area contributed by atoms with E-state index >= 15 is 0 Å². The summed E-state index contributed by atoms with van der Waals surface area (Å²) in [6.45, 7) is 0.296. The number of carbonyl (C=O) groups excluding carboxylic acids is 1. The molecule has 0 saturated heterocycles. The summed E-state index contributed by atoms with van der Waals surface area (Å²) in [4.78, 5) is 31.3. The Hall–Kier alpha value is -4.00. The third-order valence-corrected chi connectivity index (χ3v) is 5.32. The number of aromatic nitrogens is 3. The maximum absolute atomic E-state index is 13.0. The highest BCUT2D eigenvalue weighted by atomic mass is 32.1. The van der Waals surface area contributed by atoms with Gasteiger partial charge in [0, 0.05) is 19.8 Å². The number of nitrogens with one attached hydrogen (secondary N) is 2. The molecule has 3 N–H and O–H groups in total. The Morgan fingerprint density at radius 2 is 1.82 bits per heavy atom. The number of pyridine rings is 1. The lowest BCUT2D eigenvalue weighted by Gasteiger charge is -2.04. The number of hydrogen-bond donors (Lipinski definition) is 3. The van der Waals surface area contributed by atoms with Gasteiger partial charge in [-0.05, 0) is 29.8 Å². The number of fused-ring (bicyclic) bond motifs is 1. The molecule has 0 bridgehead atoms. The molecule has 0 fully saturated rings. The van der Waals surface area contributed by atoms with Crippen LogP contribution >= 0.6 is 11.3 Å². The highest BCUT2D eigenvalue weighted by Crippen LogP contribution is 2.29. The first-order valence-electron chi connectivity index (χ1n) is 9.54. The largest absolute Gasteiger partial charge is 0.490 e. The number of nitrogens with zero attached hydrogens (tertiary/aromatic N) is 3. The van der Waals surface area contributed by atoms with Crippen LogP contribution in [-0.4, -0.2) is 44.6 Å². The molecule has 0 radical (unpaired) electrons. The van der Waals surface area contributed by atoms with E-state index in [1.54, 1.807) is 25.4 Å². The Morgan fingerprint density at radius 1 is 1.15 bits per heavy atom. The van der Waals surface area contributed by atoms with Gasteiger partial charge in [0.2, 0.25) is 0 Å². The van der Waals surface area contributed by atoms with Crippen molar-refractivity contribution in [3.8, 4) is 10.7 Å². The average Bonchev–Trinajstić information content (AvgIpc) is 3.43. The van der Waals surface area contributed by atoms with E-state index in [0.29, 0.717) is 23.6 Å². The number of carboxylic acids is 1. The molecule has 0 unspecified atom stereocenters. The molecule has 0 saturated carbocycles. The van der Waals surface area contributed by atoms with Crippen molar-refractivity contribution in [1.82, 2.24) is 19.7 Å². The van der Waals surface area contributed by atoms with Gasteiger partial charge < -0.3 is 15.7 Å². The molecule has 34 heavy (non-hydrogen) atoms. The number of thiazole rings is 1. The molecular formula is C21H17F4N5O3S. The molecule has 0 spiro atoms. The smallest absolute Gasteiger partial charge is 0.475 e. The number of hydrogen-bond acceptors (Lipinski definition) is 6. The molecule has 0 atom stereocenters. The zero-order valence-corrected chi connectivity index (χ0v) is 18.2. The van der Waals surface area contributed by atoms with Crippen LogP contribution in [0, 0.1) is 5.82 Å². The van der Waals surface area contributed by atoms with Crippen LogP contribution in [0.4, 0.5) is 22.7 Å². The fourth-order valence-corrected chi connectivity index (χ4v) is 3.50. The first kappa shape index (κ1) is 24.6. The second-order valence-corrected chi connectivity index (χ2v) is 7.66. The van der Waals surface area contributed by atoms with E-state index in [1.165, 1.54) is 23.5 Å². The maximum Gasteiger partial charge on any atom is 0.490 e. The van der Waals surface area contributed by atoms with Gasteiger partial charge in [-0.15, -0.1) is 0 Å². The lowest BCUT2D eigenvalue weighted by Crippen LogP contribution is -2.23. The van der Waals surface area contributed by atoms with E-state index in [0.717, 1.165) is 15.6 Å². The monoisotopic (exact) mass is 495 g/mol. The van der Waals surface area contributed by atoms with Crippen molar-refractivity contribution in [2.75, 3.05) is 12.4 Å². The molecule has 8 nitrogen and oxygen atoms in total. The van der Waals surface area contributed by atoms with Crippen molar-refractivity contribution in [2.45, 2.75) is 12.7 Å². The number of amides is 1. The van der Waals surface area contributed by atoms with Gasteiger partial charge in [0.1, 0.15) is 5.82 Å². The molecule has 0 aliphatic carbocycles. The van der Waals surface area contributed by atoms with Crippen molar-refractivity contribution < 1.29 is 32.3 Å². The van der Waals surface area contributed by atoms with Crippen molar-refractivity contribution >= 4 is 33.9 Å². The predicted molar refractivity (Wildman–Crippen MR) is 117 cm³/mol. The van der Waals surface area contributed by atoms with Crippen LogP contribution in [0.5, 0.6) is 0 Å². The van der Waals surface area contributed by atoms with E-state index in [2.05, 4.69) is 20.6 Å². The number of anilines is 1. The maximum atomic E-state index is 13.0. The number of carbonyl (C=O) groups is 2. The summed E-state index contributed by atoms with van der Waals surface area (Å²) in [5, 5.41) is 13.8. The standard InChI is InChI=1S/C19H16FN5OS.C2HF3O2/c1-21-19-23-11-15(27-19)17-24-16(14-4-2-3-9-25(14)17)18(26)22-10-12-5-7-13(20)8-6-12;3-2(4,5)1(6)7/h2-9,11H,10H2,1H3,(H,21,23)(H,22,26);(H,6,7). The fourth-order valence-electron chi connectivity index (χ4n) is 2.74. The Morgan fingerprint density at radius 3 is 2.41 bits per heavy atom. The van der Waals surface area contributed by atoms with Crippen LogP contribution in [-0.2, 0) is 11.3 Å². The van der Waals surface area contributed by atoms with Crippen LogP contribution < -0.4 is 10.6 Å². The Labute approximate surface area is 193 Å². The van der Waals surface area contributed by atoms with Gasteiger partial charge in [-0.2, -0.15) is 13.2 Å². The number of aliphatic carboxylic acids is 1. The van der Waals surface area contributed by atoms with Crippen LogP contribution in [0.15, 0.2) is 54.9 Å². The third-order valence-electron chi connectivity index (χ3n) is 4.31. The molecule has 3 aromatic heterocycles. The molecule has 3 heterocycles. The minimum Gasteiger partial charge on any atom is -0.475 e. The van der Waals surface area contributed by atoms with Crippen molar-refractivity contribution in [1.29, 1.82) is 0 Å². The SMILES string of the molecule is CNc1ncc(-c2nc(C(=O)NCc3ccc(F)cc3)c3ccccn23)s1.O=C(O)C(F)(F)F. The van der Waals surface area contributed by atoms with Gasteiger partial charge in [-0.1, -0.05) is 29.5 Å². The van der Waals surface area contributed by atoms with E-state index in [4.69, 9.17) is 9.90 Å². The molecule has 4 aromatic rings. The number of imidazole rings is 1. The lowest BCUT2D eigenvalue weighted by atomic mass is 10.2. The third kappa shape index (κ3) is 5.86. The second kappa shape index (κ2) is 10.3. The highest BCUT2D eigenvalue weighted by molar-refractivity contribution is 7.18. The van der Waals surface area contributed by atoms with Gasteiger partial charge in [0.25, 0.3) is 5.91 Å². The second-order valence-electron chi connectivity index (χ2n) is 6.63. The zero-order chi connectivity index (χ0) is 24.9. The Kier molecular flexibility index (Phi) is 7.46. The molecule has 0 aliphatic rings. The summed E-state index contributed by atoms with van der Waals surface area (Å²) in [6, 6.07) is 11.6. The van der Waals surface area contributed by atoms with E-state index < -0.39 is 12.1 Å². The molecule has 1 amide bonds. The predicted octanol–water partition coefficient (Wildman–Crippen LogP) is 4.20. The van der Waals surface area contributed by atoms with Crippen LogP contribution in [0.2, 0.25) is 0 Å². The van der Waals surface area contributed by atoms with Gasteiger partial charge in [-0.25, -0.2) is 19.2 Å². The summed E-state index contributed by atoms with van der Waals surface area (Å²) < 4.78 is 46.6. The fraction of sp³-hybridized carbons (Fsp3) is 0.143. The van der Waals surface area contributed by atoms with Crippen LogP contribution in [0.3, 0.4) is 0 Å². The number of alkyl halides is 3. The Balaban J connectivity index is 0.000000406. The summed E-state index contributed by atoms with van der Waals surface area (Å²) >= 11 is 1.46. The van der Waals surface area contributed by atoms with E-state index in [-0.39, 0.29) is 11.7 Å². The number of benzene rings is 1. The number of carboxylic acid groups (broad SMARTS) is 1. The average molecular weight is 495 g/mol. The topological polar surface area (TPSA) is 109 Å². The highest BCUT2D eigenvalue weighted by Gasteiger charge is 2.38. The van der Waals surface area contributed by atoms with Crippen LogP contribution in [0.25, 0.3) is 16.2 Å². The van der Waals surface area contributed by atoms with E-state index in [9.17, 15) is 22.4 Å². The Bertz CT molecular complexity index is 1300. The zero-order valence-electron chi connectivity index (χ0n) is 17.4. The molecule has 1 aromatic carbocycles. The molecule has 0 aliphatic heterocycles. The molecule has 4 rings (SSSR count). The lowest BCUT2D eigenvalue weighted by molar-refractivity contribution is -0.192. The quantitative estimate of drug-likeness (QED) is 0.358. The molecule has 13 heteroatoms. The molecular weight excluding hydrogens is 478 g/mol. The molecule has 178 valence electrons. The number of rotatable bonds is 5. The summed E-state index contributed by atoms with van der Waals surface area (Å²) in [5.41, 5.74) is 1.87. The van der Waals surface area contributed by atoms with Gasteiger partial charge in [0.05, 0.1) is 16.6 Å². The normalized spacial score (nSPS) is 11.0. The minimum atomic E-state index is -5.08. The van der Waals surface area contributed by atoms with Crippen molar-refractivity contribution in [2.24, 2.45) is 0 Å². The first-order chi connectivity index (χ1) is 16.1. The summed E-state index contributed by atoms with van der Waals surface area (Å²) in [5.74, 6) is -2.68. The van der Waals surface area contributed by atoms with Gasteiger partial charge in [0.15, 0.2) is 16.6 Å². The first-order valence-corrected chi connectivity index (χ1v) is 10.4. The van der Waals surface area contributed by atoms with Gasteiger partial charge >= 0.3 is 12.1 Å². The van der Waals surface area contributed by atoms with E-state index in [1.807, 2.05) is 28.8 Å². The van der Waals surface area contributed by atoms with Gasteiger partial charge in [-0.3, -0.25) is 9.20 Å². The number of halogens is 4. The summed E-state index contributed by atoms with van der Waals surface area (Å²) in [7, 11) is 1.81.